The Morgan fingerprint density at radius 3 is 2.53 bits per heavy atom. The van der Waals surface area contributed by atoms with Gasteiger partial charge in [-0.3, -0.25) is 9.10 Å². The van der Waals surface area contributed by atoms with Crippen molar-refractivity contribution in [3.63, 3.8) is 0 Å². The van der Waals surface area contributed by atoms with Crippen LogP contribution in [0.25, 0.3) is 11.3 Å². The zero-order valence-electron chi connectivity index (χ0n) is 21.4. The Hall–Kier alpha value is -3.89. The number of anilines is 3. The first-order valence-corrected chi connectivity index (χ1v) is 14.1. The Morgan fingerprint density at radius 1 is 1.05 bits per heavy atom. The highest BCUT2D eigenvalue weighted by molar-refractivity contribution is 7.92. The van der Waals surface area contributed by atoms with E-state index >= 15 is 0 Å². The summed E-state index contributed by atoms with van der Waals surface area (Å²) in [4.78, 5) is 15.0. The summed E-state index contributed by atoms with van der Waals surface area (Å²) in [5.74, 6) is -0.0238. The van der Waals surface area contributed by atoms with Crippen LogP contribution in [0.2, 0.25) is 0 Å². The fraction of sp³-hybridized carbons (Fsp3) is 0.250. The minimum atomic E-state index is -3.48. The minimum Gasteiger partial charge on any atom is -0.493 e. The number of hydrogen-bond donors (Lipinski definition) is 2. The lowest BCUT2D eigenvalue weighted by atomic mass is 9.98. The molecule has 0 spiro atoms. The van der Waals surface area contributed by atoms with Crippen LogP contribution in [-0.4, -0.2) is 59.3 Å². The molecular weight excluding hydrogens is 507 g/mol. The number of fused-ring (bicyclic) bond motifs is 2. The van der Waals surface area contributed by atoms with Crippen LogP contribution in [0, 0.1) is 5.82 Å². The van der Waals surface area contributed by atoms with Gasteiger partial charge in [0, 0.05) is 36.3 Å². The molecule has 0 bridgehead atoms. The van der Waals surface area contributed by atoms with Crippen LogP contribution in [0.1, 0.15) is 16.7 Å². The monoisotopic (exact) mass is 536 g/mol. The molecule has 0 radical (unpaired) electrons. The Labute approximate surface area is 221 Å². The number of halogens is 1. The van der Waals surface area contributed by atoms with Crippen LogP contribution in [0.4, 0.5) is 21.5 Å². The van der Waals surface area contributed by atoms with Gasteiger partial charge in [-0.05, 0) is 68.2 Å². The molecule has 0 saturated heterocycles. The smallest absolute Gasteiger partial charge is 0.258 e. The number of amides is 1. The largest absolute Gasteiger partial charge is 0.493 e. The molecule has 5 rings (SSSR count). The SMILES string of the molecule is CN(C)CCN(c1ccc(N/C(=C2\C(=O)Nc3cc(F)ccc32)c2ccc3c(c2)OCC3)cc1)S(C)(=O)=O. The molecule has 38 heavy (non-hydrogen) atoms. The van der Waals surface area contributed by atoms with Gasteiger partial charge in [0.15, 0.2) is 0 Å². The fourth-order valence-corrected chi connectivity index (χ4v) is 5.54. The highest BCUT2D eigenvalue weighted by Gasteiger charge is 2.29. The first-order valence-electron chi connectivity index (χ1n) is 12.2. The van der Waals surface area contributed by atoms with E-state index in [1.54, 1.807) is 30.3 Å². The van der Waals surface area contributed by atoms with Crippen LogP contribution < -0.4 is 19.7 Å². The van der Waals surface area contributed by atoms with E-state index in [4.69, 9.17) is 4.74 Å². The van der Waals surface area contributed by atoms with Crippen molar-refractivity contribution in [3.05, 3.63) is 83.2 Å². The number of nitrogens with one attached hydrogen (secondary N) is 2. The third-order valence-electron chi connectivity index (χ3n) is 6.54. The van der Waals surface area contributed by atoms with E-state index in [1.165, 1.54) is 22.7 Å². The third-order valence-corrected chi connectivity index (χ3v) is 7.73. The molecule has 2 heterocycles. The van der Waals surface area contributed by atoms with Crippen LogP contribution in [0.3, 0.4) is 0 Å². The van der Waals surface area contributed by atoms with Crippen molar-refractivity contribution in [2.75, 3.05) is 55.0 Å². The molecule has 3 aromatic rings. The molecule has 0 aromatic heterocycles. The zero-order chi connectivity index (χ0) is 27.0. The molecule has 0 fully saturated rings. The number of nitrogens with zero attached hydrogens (tertiary/aromatic N) is 2. The maximum Gasteiger partial charge on any atom is 0.258 e. The lowest BCUT2D eigenvalue weighted by molar-refractivity contribution is -0.110. The maximum absolute atomic E-state index is 13.9. The van der Waals surface area contributed by atoms with E-state index in [-0.39, 0.29) is 5.91 Å². The van der Waals surface area contributed by atoms with Crippen molar-refractivity contribution in [2.24, 2.45) is 0 Å². The Kier molecular flexibility index (Phi) is 6.85. The second kappa shape index (κ2) is 10.1. The van der Waals surface area contributed by atoms with Crippen LogP contribution in [0.15, 0.2) is 60.7 Å². The van der Waals surface area contributed by atoms with Crippen molar-refractivity contribution in [1.82, 2.24) is 4.90 Å². The number of rotatable bonds is 8. The van der Waals surface area contributed by atoms with Gasteiger partial charge in [-0.1, -0.05) is 12.1 Å². The predicted molar refractivity (Wildman–Crippen MR) is 148 cm³/mol. The van der Waals surface area contributed by atoms with Gasteiger partial charge in [0.2, 0.25) is 10.0 Å². The summed E-state index contributed by atoms with van der Waals surface area (Å²) in [6.07, 6.45) is 2.01. The van der Waals surface area contributed by atoms with Crippen LogP contribution in [0.5, 0.6) is 5.75 Å². The van der Waals surface area contributed by atoms with Gasteiger partial charge in [-0.25, -0.2) is 12.8 Å². The van der Waals surface area contributed by atoms with Crippen LogP contribution >= 0.6 is 0 Å². The molecule has 2 aliphatic heterocycles. The molecule has 2 N–H and O–H groups in total. The molecule has 2 aliphatic rings. The van der Waals surface area contributed by atoms with E-state index in [0.717, 1.165) is 23.3 Å². The predicted octanol–water partition coefficient (Wildman–Crippen LogP) is 4.02. The normalized spacial score (nSPS) is 15.6. The number of hydrogen-bond acceptors (Lipinski definition) is 6. The van der Waals surface area contributed by atoms with E-state index in [0.29, 0.717) is 53.6 Å². The van der Waals surface area contributed by atoms with Gasteiger partial charge in [0.1, 0.15) is 11.6 Å². The van der Waals surface area contributed by atoms with Crippen molar-refractivity contribution in [2.45, 2.75) is 6.42 Å². The maximum atomic E-state index is 13.9. The Morgan fingerprint density at radius 2 is 1.82 bits per heavy atom. The average Bonchev–Trinajstić information content (AvgIpc) is 3.45. The van der Waals surface area contributed by atoms with Crippen molar-refractivity contribution in [1.29, 1.82) is 0 Å². The summed E-state index contributed by atoms with van der Waals surface area (Å²) < 4.78 is 45.9. The summed E-state index contributed by atoms with van der Waals surface area (Å²) in [6.45, 7) is 1.49. The first kappa shape index (κ1) is 25.7. The second-order valence-corrected chi connectivity index (χ2v) is 11.5. The minimum absolute atomic E-state index is 0.316. The summed E-state index contributed by atoms with van der Waals surface area (Å²) >= 11 is 0. The van der Waals surface area contributed by atoms with Gasteiger partial charge < -0.3 is 20.3 Å². The number of benzene rings is 3. The summed E-state index contributed by atoms with van der Waals surface area (Å²) in [5.41, 5.74) is 4.93. The molecule has 198 valence electrons. The standard InChI is InChI=1S/C28H29FN4O4S/c1-32(2)13-14-33(38(3,35)36)22-9-7-21(8-10-22)30-27(19-5-4-18-12-15-37-25(18)16-19)26-23-11-6-20(29)17-24(23)31-28(26)34/h4-11,16-17,30H,12-15H2,1-3H3,(H,31,34)/b27-26-. The van der Waals surface area contributed by atoms with Crippen molar-refractivity contribution >= 4 is 44.3 Å². The molecule has 0 atom stereocenters. The fourth-order valence-electron chi connectivity index (χ4n) is 4.63. The molecule has 10 heteroatoms. The number of carbonyl (C=O) groups is 1. The molecule has 0 saturated carbocycles. The molecule has 3 aromatic carbocycles. The van der Waals surface area contributed by atoms with Gasteiger partial charge in [0.05, 0.1) is 35.5 Å². The number of ether oxygens (including phenoxy) is 1. The zero-order valence-corrected chi connectivity index (χ0v) is 22.2. The van der Waals surface area contributed by atoms with Gasteiger partial charge >= 0.3 is 0 Å². The van der Waals surface area contributed by atoms with E-state index in [9.17, 15) is 17.6 Å². The molecule has 0 aliphatic carbocycles. The van der Waals surface area contributed by atoms with Gasteiger partial charge in [-0.2, -0.15) is 0 Å². The average molecular weight is 537 g/mol. The summed E-state index contributed by atoms with van der Waals surface area (Å²) in [6, 6.07) is 17.0. The van der Waals surface area contributed by atoms with E-state index in [2.05, 4.69) is 10.6 Å². The van der Waals surface area contributed by atoms with Crippen molar-refractivity contribution < 1.29 is 22.3 Å². The van der Waals surface area contributed by atoms with Crippen molar-refractivity contribution in [3.8, 4) is 5.75 Å². The summed E-state index contributed by atoms with van der Waals surface area (Å²) in [7, 11) is 0.298. The highest BCUT2D eigenvalue weighted by atomic mass is 32.2. The number of carbonyl (C=O) groups excluding carboxylic acids is 1. The van der Waals surface area contributed by atoms with E-state index < -0.39 is 15.8 Å². The number of sulfonamides is 1. The summed E-state index contributed by atoms with van der Waals surface area (Å²) in [5, 5.41) is 6.12. The highest BCUT2D eigenvalue weighted by Crippen LogP contribution is 2.39. The van der Waals surface area contributed by atoms with Gasteiger partial charge in [0.25, 0.3) is 5.91 Å². The molecule has 8 nitrogen and oxygen atoms in total. The topological polar surface area (TPSA) is 91.0 Å². The number of likely N-dealkylation sites (N-methyl/N-ethyl adjacent to an activating group) is 1. The van der Waals surface area contributed by atoms with Crippen LogP contribution in [-0.2, 0) is 21.2 Å². The lowest BCUT2D eigenvalue weighted by Crippen LogP contribution is -2.35. The van der Waals surface area contributed by atoms with E-state index in [1.807, 2.05) is 37.2 Å². The first-order chi connectivity index (χ1) is 18.1. The quantitative estimate of drug-likeness (QED) is 0.423. The molecule has 0 unspecified atom stereocenters. The third kappa shape index (κ3) is 5.23. The molecular formula is C28H29FN4O4S. The second-order valence-electron chi connectivity index (χ2n) is 9.63. The lowest BCUT2D eigenvalue weighted by Gasteiger charge is -2.24. The van der Waals surface area contributed by atoms with Gasteiger partial charge in [-0.15, -0.1) is 0 Å². The molecule has 1 amide bonds. The Bertz CT molecular complexity index is 1530. The Balaban J connectivity index is 1.55.